The van der Waals surface area contributed by atoms with Crippen molar-refractivity contribution in [3.8, 4) is 0 Å². The maximum atomic E-state index is 12.4. The Morgan fingerprint density at radius 2 is 1.92 bits per heavy atom. The Kier molecular flexibility index (Phi) is 5.15. The van der Waals surface area contributed by atoms with Crippen molar-refractivity contribution in [2.24, 2.45) is 5.73 Å². The van der Waals surface area contributed by atoms with E-state index in [-0.39, 0.29) is 17.4 Å². The van der Waals surface area contributed by atoms with Gasteiger partial charge < -0.3 is 15.5 Å². The van der Waals surface area contributed by atoms with Crippen LogP contribution in [0.1, 0.15) is 26.6 Å². The van der Waals surface area contributed by atoms with Gasteiger partial charge in [0.05, 0.1) is 18.1 Å². The fraction of sp³-hybridized carbons (Fsp3) is 0.0556. The number of carbonyl (C=O) groups excluding carboxylic acids is 2. The van der Waals surface area contributed by atoms with Gasteiger partial charge in [0.25, 0.3) is 11.8 Å². The first-order valence-corrected chi connectivity index (χ1v) is 8.43. The topological polar surface area (TPSA) is 98.2 Å². The molecule has 3 aromatic rings. The molecule has 0 radical (unpaired) electrons. The normalized spacial score (nSPS) is 10.4. The number of nitrogens with two attached hydrogens (primary N) is 1. The molecule has 0 aliphatic carbocycles. The molecule has 0 fully saturated rings. The number of nitrogens with one attached hydrogen (secondary N) is 1. The van der Waals surface area contributed by atoms with E-state index in [1.807, 2.05) is 30.3 Å². The van der Waals surface area contributed by atoms with Crippen molar-refractivity contribution in [2.45, 2.75) is 10.6 Å². The molecule has 2 amide bonds. The van der Waals surface area contributed by atoms with Gasteiger partial charge in [0.1, 0.15) is 5.69 Å². The minimum Gasteiger partial charge on any atom is -0.459 e. The lowest BCUT2D eigenvalue weighted by Gasteiger charge is -2.05. The second-order valence-corrected chi connectivity index (χ2v) is 6.18. The standard InChI is InChI=1S/C18H15N3O3S/c19-17(22)15-7-6-13(10-20-15)21-18(23)16-12(8-9-24-16)11-25-14-4-2-1-3-5-14/h1-10H,11H2,(H2,19,22)(H,21,23). The Morgan fingerprint density at radius 1 is 1.12 bits per heavy atom. The van der Waals surface area contributed by atoms with Crippen LogP contribution in [0.3, 0.4) is 0 Å². The number of pyridine rings is 1. The Bertz CT molecular complexity index is 876. The Morgan fingerprint density at radius 3 is 2.60 bits per heavy atom. The zero-order valence-corrected chi connectivity index (χ0v) is 14.0. The highest BCUT2D eigenvalue weighted by Crippen LogP contribution is 2.25. The minimum atomic E-state index is -0.621. The Labute approximate surface area is 148 Å². The second-order valence-electron chi connectivity index (χ2n) is 5.13. The van der Waals surface area contributed by atoms with Gasteiger partial charge in [-0.2, -0.15) is 0 Å². The molecular formula is C18H15N3O3S. The number of benzene rings is 1. The molecule has 0 saturated carbocycles. The molecule has 3 N–H and O–H groups in total. The summed E-state index contributed by atoms with van der Waals surface area (Å²) >= 11 is 1.62. The summed E-state index contributed by atoms with van der Waals surface area (Å²) in [5.41, 5.74) is 6.52. The fourth-order valence-electron chi connectivity index (χ4n) is 2.13. The lowest BCUT2D eigenvalue weighted by Crippen LogP contribution is -2.15. The van der Waals surface area contributed by atoms with Crippen LogP contribution in [0.25, 0.3) is 0 Å². The predicted molar refractivity (Wildman–Crippen MR) is 95.4 cm³/mol. The van der Waals surface area contributed by atoms with E-state index >= 15 is 0 Å². The van der Waals surface area contributed by atoms with E-state index < -0.39 is 5.91 Å². The van der Waals surface area contributed by atoms with Crippen LogP contribution < -0.4 is 11.1 Å². The summed E-state index contributed by atoms with van der Waals surface area (Å²) in [5.74, 6) is -0.129. The third-order valence-electron chi connectivity index (χ3n) is 3.36. The molecule has 3 rings (SSSR count). The van der Waals surface area contributed by atoms with Crippen molar-refractivity contribution in [3.05, 3.63) is 78.0 Å². The fourth-order valence-corrected chi connectivity index (χ4v) is 3.03. The molecule has 1 aromatic carbocycles. The average molecular weight is 353 g/mol. The van der Waals surface area contributed by atoms with Crippen molar-refractivity contribution in [1.82, 2.24) is 4.98 Å². The van der Waals surface area contributed by atoms with E-state index in [1.54, 1.807) is 23.9 Å². The molecule has 0 bridgehead atoms. The van der Waals surface area contributed by atoms with E-state index in [1.165, 1.54) is 18.5 Å². The van der Waals surface area contributed by atoms with Gasteiger partial charge in [-0.15, -0.1) is 11.8 Å². The van der Waals surface area contributed by atoms with Crippen molar-refractivity contribution < 1.29 is 14.0 Å². The van der Waals surface area contributed by atoms with Crippen LogP contribution in [-0.2, 0) is 5.75 Å². The highest BCUT2D eigenvalue weighted by atomic mass is 32.2. The third kappa shape index (κ3) is 4.27. The lowest BCUT2D eigenvalue weighted by atomic mass is 10.2. The molecule has 2 heterocycles. The van der Waals surface area contributed by atoms with E-state index in [4.69, 9.17) is 10.2 Å². The van der Waals surface area contributed by atoms with Crippen molar-refractivity contribution >= 4 is 29.3 Å². The number of rotatable bonds is 6. The largest absolute Gasteiger partial charge is 0.459 e. The SMILES string of the molecule is NC(=O)c1ccc(NC(=O)c2occc2CSc2ccccc2)cn1. The average Bonchev–Trinajstić information content (AvgIpc) is 3.10. The molecule has 0 aliphatic heterocycles. The monoisotopic (exact) mass is 353 g/mol. The van der Waals surface area contributed by atoms with Crippen LogP contribution in [0, 0.1) is 0 Å². The first kappa shape index (κ1) is 16.8. The smallest absolute Gasteiger partial charge is 0.291 e. The third-order valence-corrected chi connectivity index (χ3v) is 4.43. The van der Waals surface area contributed by atoms with E-state index in [0.717, 1.165) is 10.5 Å². The predicted octanol–water partition coefficient (Wildman–Crippen LogP) is 3.32. The molecule has 6 nitrogen and oxygen atoms in total. The van der Waals surface area contributed by atoms with Crippen LogP contribution in [0.5, 0.6) is 0 Å². The molecule has 0 saturated heterocycles. The summed E-state index contributed by atoms with van der Waals surface area (Å²) < 4.78 is 5.33. The zero-order valence-electron chi connectivity index (χ0n) is 13.1. The van der Waals surface area contributed by atoms with Gasteiger partial charge in [-0.1, -0.05) is 18.2 Å². The van der Waals surface area contributed by atoms with Crippen LogP contribution in [-0.4, -0.2) is 16.8 Å². The quantitative estimate of drug-likeness (QED) is 0.663. The molecular weight excluding hydrogens is 338 g/mol. The second kappa shape index (κ2) is 7.67. The summed E-state index contributed by atoms with van der Waals surface area (Å²) in [6.07, 6.45) is 2.86. The van der Waals surface area contributed by atoms with Gasteiger partial charge in [0, 0.05) is 16.2 Å². The van der Waals surface area contributed by atoms with Crippen molar-refractivity contribution in [3.63, 3.8) is 0 Å². The number of aromatic nitrogens is 1. The summed E-state index contributed by atoms with van der Waals surface area (Å²) in [4.78, 5) is 28.4. The van der Waals surface area contributed by atoms with Crippen LogP contribution in [0.4, 0.5) is 5.69 Å². The maximum Gasteiger partial charge on any atom is 0.291 e. The number of hydrogen-bond acceptors (Lipinski definition) is 5. The molecule has 7 heteroatoms. The van der Waals surface area contributed by atoms with E-state index in [2.05, 4.69) is 10.3 Å². The minimum absolute atomic E-state index is 0.135. The van der Waals surface area contributed by atoms with Crippen molar-refractivity contribution in [2.75, 3.05) is 5.32 Å². The summed E-state index contributed by atoms with van der Waals surface area (Å²) in [6.45, 7) is 0. The van der Waals surface area contributed by atoms with Gasteiger partial charge in [0.15, 0.2) is 5.76 Å². The summed E-state index contributed by atoms with van der Waals surface area (Å²) in [6, 6.07) is 14.7. The molecule has 0 spiro atoms. The first-order valence-electron chi connectivity index (χ1n) is 7.45. The van der Waals surface area contributed by atoms with E-state index in [9.17, 15) is 9.59 Å². The highest BCUT2D eigenvalue weighted by Gasteiger charge is 2.16. The van der Waals surface area contributed by atoms with Gasteiger partial charge in [-0.3, -0.25) is 9.59 Å². The molecule has 0 unspecified atom stereocenters. The maximum absolute atomic E-state index is 12.4. The van der Waals surface area contributed by atoms with Gasteiger partial charge in [-0.25, -0.2) is 4.98 Å². The number of nitrogens with zero attached hydrogens (tertiary/aromatic N) is 1. The number of furan rings is 1. The van der Waals surface area contributed by atoms with Gasteiger partial charge in [0.2, 0.25) is 0 Å². The highest BCUT2D eigenvalue weighted by molar-refractivity contribution is 7.98. The van der Waals surface area contributed by atoms with Crippen molar-refractivity contribution in [1.29, 1.82) is 0 Å². The zero-order chi connectivity index (χ0) is 17.6. The number of carbonyl (C=O) groups is 2. The van der Waals surface area contributed by atoms with Gasteiger partial charge in [-0.05, 0) is 30.3 Å². The summed E-state index contributed by atoms with van der Waals surface area (Å²) in [7, 11) is 0. The number of primary amides is 1. The molecule has 0 atom stereocenters. The Hall–Kier alpha value is -3.06. The molecule has 0 aliphatic rings. The number of hydrogen-bond donors (Lipinski definition) is 2. The van der Waals surface area contributed by atoms with Crippen LogP contribution in [0.2, 0.25) is 0 Å². The molecule has 25 heavy (non-hydrogen) atoms. The lowest BCUT2D eigenvalue weighted by molar-refractivity contribution is 0.0989. The van der Waals surface area contributed by atoms with Gasteiger partial charge >= 0.3 is 0 Å². The van der Waals surface area contributed by atoms with Crippen LogP contribution >= 0.6 is 11.8 Å². The first-order chi connectivity index (χ1) is 12.1. The number of amides is 2. The molecule has 2 aromatic heterocycles. The molecule has 126 valence electrons. The van der Waals surface area contributed by atoms with E-state index in [0.29, 0.717) is 11.4 Å². The number of thioether (sulfide) groups is 1. The summed E-state index contributed by atoms with van der Waals surface area (Å²) in [5, 5.41) is 2.69. The Balaban J connectivity index is 1.66. The number of anilines is 1. The van der Waals surface area contributed by atoms with Crippen LogP contribution in [0.15, 0.2) is 70.3 Å².